The van der Waals surface area contributed by atoms with Gasteiger partial charge in [-0.2, -0.15) is 0 Å². The second-order valence-electron chi connectivity index (χ2n) is 5.97. The van der Waals surface area contributed by atoms with Gasteiger partial charge in [0.25, 0.3) is 5.91 Å². The Morgan fingerprint density at radius 3 is 2.17 bits per heavy atom. The largest absolute Gasteiger partial charge is 0.366 e. The average Bonchev–Trinajstić information content (AvgIpc) is 2.52. The molecule has 0 bridgehead atoms. The highest BCUT2D eigenvalue weighted by Crippen LogP contribution is 2.31. The van der Waals surface area contributed by atoms with Gasteiger partial charge in [-0.1, -0.05) is 18.2 Å². The van der Waals surface area contributed by atoms with Crippen LogP contribution in [0.5, 0.6) is 0 Å². The van der Waals surface area contributed by atoms with Crippen LogP contribution in [0, 0.1) is 27.7 Å². The van der Waals surface area contributed by atoms with Crippen LogP contribution in [0.4, 0.5) is 11.4 Å². The smallest absolute Gasteiger partial charge is 0.255 e. The van der Waals surface area contributed by atoms with Crippen LogP contribution in [0.3, 0.4) is 0 Å². The summed E-state index contributed by atoms with van der Waals surface area (Å²) in [7, 11) is 0. The molecule has 0 heterocycles. The molecule has 0 aliphatic carbocycles. The standard InChI is InChI=1S/C20H22N2O2/c1-13-5-6-15(3)18(11-13)22(20(24)10-9-19(21)23)17-8-7-14(2)16(4)12-17/h5-12H,1-4H3,(H2,21,23). The maximum Gasteiger partial charge on any atom is 0.255 e. The summed E-state index contributed by atoms with van der Waals surface area (Å²) in [5.41, 5.74) is 10.9. The zero-order valence-electron chi connectivity index (χ0n) is 14.5. The number of aryl methyl sites for hydroxylation is 4. The number of carbonyl (C=O) groups is 2. The summed E-state index contributed by atoms with van der Waals surface area (Å²) in [6, 6.07) is 11.8. The zero-order chi connectivity index (χ0) is 17.9. The highest BCUT2D eigenvalue weighted by Gasteiger charge is 2.18. The molecule has 2 rings (SSSR count). The highest BCUT2D eigenvalue weighted by atomic mass is 16.2. The van der Waals surface area contributed by atoms with Gasteiger partial charge in [0, 0.05) is 17.8 Å². The first kappa shape index (κ1) is 17.5. The Balaban J connectivity index is 2.60. The fourth-order valence-electron chi connectivity index (χ4n) is 2.44. The molecule has 0 aliphatic heterocycles. The third-order valence-electron chi connectivity index (χ3n) is 3.96. The number of benzene rings is 2. The maximum atomic E-state index is 12.7. The Hall–Kier alpha value is -2.88. The zero-order valence-corrected chi connectivity index (χ0v) is 14.5. The minimum absolute atomic E-state index is 0.314. The third-order valence-corrected chi connectivity index (χ3v) is 3.96. The Morgan fingerprint density at radius 1 is 0.875 bits per heavy atom. The van der Waals surface area contributed by atoms with Gasteiger partial charge in [-0.15, -0.1) is 0 Å². The van der Waals surface area contributed by atoms with E-state index in [2.05, 4.69) is 0 Å². The van der Waals surface area contributed by atoms with Gasteiger partial charge in [-0.25, -0.2) is 0 Å². The van der Waals surface area contributed by atoms with Crippen LogP contribution < -0.4 is 10.6 Å². The molecular formula is C20H22N2O2. The SMILES string of the molecule is Cc1ccc(C)c(N(C(=O)C=CC(N)=O)c2ccc(C)c(C)c2)c1. The molecule has 0 spiro atoms. The molecule has 0 unspecified atom stereocenters. The van der Waals surface area contributed by atoms with Crippen LogP contribution in [-0.4, -0.2) is 11.8 Å². The summed E-state index contributed by atoms with van der Waals surface area (Å²) in [5, 5.41) is 0. The topological polar surface area (TPSA) is 63.4 Å². The lowest BCUT2D eigenvalue weighted by Gasteiger charge is -2.24. The van der Waals surface area contributed by atoms with E-state index < -0.39 is 5.91 Å². The number of rotatable bonds is 4. The van der Waals surface area contributed by atoms with E-state index in [1.54, 1.807) is 4.90 Å². The van der Waals surface area contributed by atoms with Crippen LogP contribution in [-0.2, 0) is 9.59 Å². The lowest BCUT2D eigenvalue weighted by Crippen LogP contribution is -2.25. The third kappa shape index (κ3) is 3.90. The van der Waals surface area contributed by atoms with Gasteiger partial charge in [0.05, 0.1) is 5.69 Å². The number of hydrogen-bond acceptors (Lipinski definition) is 2. The Labute approximate surface area is 142 Å². The van der Waals surface area contributed by atoms with E-state index in [1.165, 1.54) is 6.08 Å². The lowest BCUT2D eigenvalue weighted by molar-refractivity contribution is -0.115. The van der Waals surface area contributed by atoms with Crippen molar-refractivity contribution in [2.75, 3.05) is 4.90 Å². The molecule has 0 aliphatic rings. The quantitative estimate of drug-likeness (QED) is 0.874. The molecule has 0 saturated heterocycles. The Kier molecular flexibility index (Phi) is 5.19. The second kappa shape index (κ2) is 7.13. The number of nitrogens with zero attached hydrogens (tertiary/aromatic N) is 1. The number of carbonyl (C=O) groups excluding carboxylic acids is 2. The minimum Gasteiger partial charge on any atom is -0.366 e. The van der Waals surface area contributed by atoms with Crippen molar-refractivity contribution in [3.63, 3.8) is 0 Å². The predicted octanol–water partition coefficient (Wildman–Crippen LogP) is 3.63. The van der Waals surface area contributed by atoms with Crippen molar-refractivity contribution in [2.24, 2.45) is 5.73 Å². The molecule has 2 N–H and O–H groups in total. The maximum absolute atomic E-state index is 12.7. The fourth-order valence-corrected chi connectivity index (χ4v) is 2.44. The van der Waals surface area contributed by atoms with Gasteiger partial charge in [0.2, 0.25) is 5.91 Å². The first-order valence-corrected chi connectivity index (χ1v) is 7.75. The molecule has 0 saturated carbocycles. The van der Waals surface area contributed by atoms with Crippen molar-refractivity contribution in [3.8, 4) is 0 Å². The summed E-state index contributed by atoms with van der Waals surface area (Å²) in [5.74, 6) is -0.963. The number of nitrogens with two attached hydrogens (primary N) is 1. The molecule has 0 aromatic heterocycles. The van der Waals surface area contributed by atoms with Gasteiger partial charge in [0.15, 0.2) is 0 Å². The van der Waals surface area contributed by atoms with E-state index in [-0.39, 0.29) is 5.91 Å². The van der Waals surface area contributed by atoms with Crippen LogP contribution in [0.2, 0.25) is 0 Å². The van der Waals surface area contributed by atoms with Crippen LogP contribution in [0.25, 0.3) is 0 Å². The summed E-state index contributed by atoms with van der Waals surface area (Å²) in [6.45, 7) is 7.96. The molecule has 2 amide bonds. The van der Waals surface area contributed by atoms with E-state index >= 15 is 0 Å². The van der Waals surface area contributed by atoms with Crippen LogP contribution in [0.15, 0.2) is 48.6 Å². The number of hydrogen-bond donors (Lipinski definition) is 1. The van der Waals surface area contributed by atoms with E-state index in [0.717, 1.165) is 39.7 Å². The predicted molar refractivity (Wildman–Crippen MR) is 97.3 cm³/mol. The van der Waals surface area contributed by atoms with Gasteiger partial charge in [-0.05, 0) is 68.1 Å². The average molecular weight is 322 g/mol. The number of primary amides is 1. The molecule has 124 valence electrons. The Morgan fingerprint density at radius 2 is 1.54 bits per heavy atom. The monoisotopic (exact) mass is 322 g/mol. The van der Waals surface area contributed by atoms with Crippen molar-refractivity contribution in [2.45, 2.75) is 27.7 Å². The minimum atomic E-state index is -0.649. The van der Waals surface area contributed by atoms with Crippen molar-refractivity contribution in [1.82, 2.24) is 0 Å². The number of anilines is 2. The van der Waals surface area contributed by atoms with Crippen LogP contribution in [0.1, 0.15) is 22.3 Å². The lowest BCUT2D eigenvalue weighted by atomic mass is 10.1. The van der Waals surface area contributed by atoms with Gasteiger partial charge >= 0.3 is 0 Å². The summed E-state index contributed by atoms with van der Waals surface area (Å²) >= 11 is 0. The van der Waals surface area contributed by atoms with Gasteiger partial charge in [0.1, 0.15) is 0 Å². The van der Waals surface area contributed by atoms with Crippen molar-refractivity contribution < 1.29 is 9.59 Å². The second-order valence-corrected chi connectivity index (χ2v) is 5.97. The summed E-state index contributed by atoms with van der Waals surface area (Å²) in [6.07, 6.45) is 2.29. The number of amides is 2. The first-order chi connectivity index (χ1) is 11.3. The molecule has 24 heavy (non-hydrogen) atoms. The van der Waals surface area contributed by atoms with E-state index in [0.29, 0.717) is 0 Å². The highest BCUT2D eigenvalue weighted by molar-refractivity contribution is 6.09. The molecule has 0 atom stereocenters. The summed E-state index contributed by atoms with van der Waals surface area (Å²) in [4.78, 5) is 25.3. The van der Waals surface area contributed by atoms with E-state index in [9.17, 15) is 9.59 Å². The molecule has 0 radical (unpaired) electrons. The van der Waals surface area contributed by atoms with Crippen molar-refractivity contribution in [3.05, 3.63) is 70.8 Å². The van der Waals surface area contributed by atoms with Crippen LogP contribution >= 0.6 is 0 Å². The molecule has 0 fully saturated rings. The fraction of sp³-hybridized carbons (Fsp3) is 0.200. The molecule has 4 nitrogen and oxygen atoms in total. The van der Waals surface area contributed by atoms with E-state index in [4.69, 9.17) is 5.73 Å². The van der Waals surface area contributed by atoms with E-state index in [1.807, 2.05) is 64.1 Å². The molecule has 2 aromatic carbocycles. The van der Waals surface area contributed by atoms with Gasteiger partial charge in [-0.3, -0.25) is 14.5 Å². The molecule has 4 heteroatoms. The van der Waals surface area contributed by atoms with Gasteiger partial charge < -0.3 is 5.73 Å². The first-order valence-electron chi connectivity index (χ1n) is 7.75. The molecular weight excluding hydrogens is 300 g/mol. The Bertz CT molecular complexity index is 822. The molecule has 2 aromatic rings. The van der Waals surface area contributed by atoms with Crippen molar-refractivity contribution >= 4 is 23.2 Å². The summed E-state index contributed by atoms with van der Waals surface area (Å²) < 4.78 is 0. The van der Waals surface area contributed by atoms with Crippen molar-refractivity contribution in [1.29, 1.82) is 0 Å². The normalized spacial score (nSPS) is 10.8.